The Balaban J connectivity index is 1.61. The Kier molecular flexibility index (Phi) is 6.26. The minimum absolute atomic E-state index is 0.114. The lowest BCUT2D eigenvalue weighted by molar-refractivity contribution is 0.242. The van der Waals surface area contributed by atoms with Crippen LogP contribution in [0.25, 0.3) is 5.69 Å². The van der Waals surface area contributed by atoms with Crippen LogP contribution in [0, 0.1) is 0 Å². The number of nitrogens with one attached hydrogen (secondary N) is 1. The number of benzene rings is 2. The van der Waals surface area contributed by atoms with Crippen LogP contribution >= 0.6 is 23.8 Å². The van der Waals surface area contributed by atoms with Crippen LogP contribution < -0.4 is 15.0 Å². The van der Waals surface area contributed by atoms with E-state index in [4.69, 9.17) is 28.6 Å². The van der Waals surface area contributed by atoms with Gasteiger partial charge >= 0.3 is 0 Å². The molecule has 0 radical (unpaired) electrons. The van der Waals surface area contributed by atoms with Crippen LogP contribution in [0.3, 0.4) is 0 Å². The van der Waals surface area contributed by atoms with E-state index in [1.807, 2.05) is 92.8 Å². The van der Waals surface area contributed by atoms with Gasteiger partial charge in [-0.3, -0.25) is 4.98 Å². The molecule has 0 saturated carbocycles. The first kappa shape index (κ1) is 22.4. The van der Waals surface area contributed by atoms with Crippen molar-refractivity contribution >= 4 is 34.6 Å². The third kappa shape index (κ3) is 4.39. The van der Waals surface area contributed by atoms with E-state index < -0.39 is 0 Å². The Hall–Kier alpha value is -3.35. The van der Waals surface area contributed by atoms with Crippen molar-refractivity contribution in [1.29, 1.82) is 0 Å². The fraction of sp³-hybridized carbons (Fsp3) is 0.185. The molecule has 7 heteroatoms. The van der Waals surface area contributed by atoms with Gasteiger partial charge in [-0.15, -0.1) is 0 Å². The second-order valence-electron chi connectivity index (χ2n) is 8.44. The molecule has 34 heavy (non-hydrogen) atoms. The highest BCUT2D eigenvalue weighted by Crippen LogP contribution is 2.42. The Labute approximate surface area is 210 Å². The van der Waals surface area contributed by atoms with Crippen LogP contribution in [-0.2, 0) is 0 Å². The van der Waals surface area contributed by atoms with Gasteiger partial charge in [0.05, 0.1) is 17.8 Å². The van der Waals surface area contributed by atoms with Crippen molar-refractivity contribution in [3.63, 3.8) is 0 Å². The van der Waals surface area contributed by atoms with Crippen LogP contribution in [0.15, 0.2) is 91.3 Å². The monoisotopic (exact) mass is 488 g/mol. The van der Waals surface area contributed by atoms with E-state index in [0.717, 1.165) is 28.5 Å². The molecule has 0 unspecified atom stereocenters. The summed E-state index contributed by atoms with van der Waals surface area (Å²) in [6.45, 7) is 4.04. The first-order valence-electron chi connectivity index (χ1n) is 11.2. The van der Waals surface area contributed by atoms with Crippen LogP contribution in [0.5, 0.6) is 5.75 Å². The highest BCUT2D eigenvalue weighted by atomic mass is 35.5. The van der Waals surface area contributed by atoms with Gasteiger partial charge in [-0.2, -0.15) is 0 Å². The highest BCUT2D eigenvalue weighted by Gasteiger charge is 2.42. The molecule has 0 aliphatic carbocycles. The van der Waals surface area contributed by atoms with Crippen molar-refractivity contribution < 1.29 is 4.74 Å². The Morgan fingerprint density at radius 2 is 1.79 bits per heavy atom. The molecule has 3 heterocycles. The van der Waals surface area contributed by atoms with E-state index in [2.05, 4.69) is 32.0 Å². The SMILES string of the molecule is CC(C)Oc1ccc(N2C(=S)N[C@@H](c3ccccn3)[C@@H]2c2cccn2-c2cccc(Cl)c2)cc1. The summed E-state index contributed by atoms with van der Waals surface area (Å²) in [6.07, 6.45) is 3.98. The van der Waals surface area contributed by atoms with E-state index >= 15 is 0 Å². The van der Waals surface area contributed by atoms with Crippen molar-refractivity contribution in [3.8, 4) is 11.4 Å². The molecule has 172 valence electrons. The third-order valence-corrected chi connectivity index (χ3v) is 6.30. The fourth-order valence-electron chi connectivity index (χ4n) is 4.39. The van der Waals surface area contributed by atoms with Gasteiger partial charge in [0.1, 0.15) is 11.8 Å². The quantitative estimate of drug-likeness (QED) is 0.314. The molecule has 2 atom stereocenters. The predicted molar refractivity (Wildman–Crippen MR) is 141 cm³/mol. The van der Waals surface area contributed by atoms with Crippen molar-refractivity contribution in [1.82, 2.24) is 14.9 Å². The molecule has 1 N–H and O–H groups in total. The van der Waals surface area contributed by atoms with E-state index in [1.165, 1.54) is 0 Å². The molecule has 1 aliphatic rings. The molecule has 1 aliphatic heterocycles. The minimum Gasteiger partial charge on any atom is -0.491 e. The van der Waals surface area contributed by atoms with Crippen LogP contribution in [0.4, 0.5) is 5.69 Å². The van der Waals surface area contributed by atoms with E-state index in [9.17, 15) is 0 Å². The van der Waals surface area contributed by atoms with Crippen molar-refractivity contribution in [2.24, 2.45) is 0 Å². The number of pyridine rings is 1. The summed E-state index contributed by atoms with van der Waals surface area (Å²) in [4.78, 5) is 6.80. The maximum atomic E-state index is 6.32. The van der Waals surface area contributed by atoms with Gasteiger partial charge in [0.25, 0.3) is 0 Å². The standard InChI is InChI=1S/C27H25ClN4OS/c1-18(2)33-22-13-11-20(12-14-22)32-26(25(30-27(32)34)23-9-3-4-15-29-23)24-10-6-16-31(24)21-8-5-7-19(28)17-21/h3-18,25-26H,1-2H3,(H,30,34)/t25-,26-/m0/s1. The summed E-state index contributed by atoms with van der Waals surface area (Å²) in [5, 5.41) is 4.86. The summed E-state index contributed by atoms with van der Waals surface area (Å²) < 4.78 is 8.00. The normalized spacial score (nSPS) is 17.8. The average Bonchev–Trinajstić information content (AvgIpc) is 3.44. The molecular weight excluding hydrogens is 464 g/mol. The van der Waals surface area contributed by atoms with Crippen LogP contribution in [0.1, 0.15) is 37.3 Å². The number of anilines is 1. The topological polar surface area (TPSA) is 42.3 Å². The molecule has 0 bridgehead atoms. The summed E-state index contributed by atoms with van der Waals surface area (Å²) in [7, 11) is 0. The molecule has 2 aromatic carbocycles. The van der Waals surface area contributed by atoms with Crippen molar-refractivity contribution in [2.45, 2.75) is 32.0 Å². The van der Waals surface area contributed by atoms with Crippen LogP contribution in [-0.4, -0.2) is 20.8 Å². The predicted octanol–water partition coefficient (Wildman–Crippen LogP) is 6.49. The largest absolute Gasteiger partial charge is 0.491 e. The zero-order valence-electron chi connectivity index (χ0n) is 18.9. The van der Waals surface area contributed by atoms with Gasteiger partial charge in [0.15, 0.2) is 5.11 Å². The number of hydrogen-bond donors (Lipinski definition) is 1. The number of hydrogen-bond acceptors (Lipinski definition) is 3. The van der Waals surface area contributed by atoms with E-state index in [0.29, 0.717) is 10.1 Å². The Morgan fingerprint density at radius 1 is 0.971 bits per heavy atom. The lowest BCUT2D eigenvalue weighted by atomic mass is 10.0. The number of thiocarbonyl (C=S) groups is 1. The Morgan fingerprint density at radius 3 is 2.50 bits per heavy atom. The molecule has 4 aromatic rings. The van der Waals surface area contributed by atoms with Gasteiger partial charge < -0.3 is 19.5 Å². The maximum absolute atomic E-state index is 6.32. The number of aromatic nitrogens is 2. The molecule has 1 saturated heterocycles. The summed E-state index contributed by atoms with van der Waals surface area (Å²) >= 11 is 12.2. The number of ether oxygens (including phenoxy) is 1. The zero-order chi connectivity index (χ0) is 23.7. The maximum Gasteiger partial charge on any atom is 0.174 e. The number of nitrogens with zero attached hydrogens (tertiary/aromatic N) is 3. The van der Waals surface area contributed by atoms with Crippen molar-refractivity contribution in [3.05, 3.63) is 108 Å². The molecule has 0 spiro atoms. The minimum atomic E-state index is -0.131. The summed E-state index contributed by atoms with van der Waals surface area (Å²) in [5.74, 6) is 0.831. The van der Waals surface area contributed by atoms with E-state index in [1.54, 1.807) is 0 Å². The van der Waals surface area contributed by atoms with E-state index in [-0.39, 0.29) is 18.2 Å². The Bertz CT molecular complexity index is 1290. The molecule has 5 rings (SSSR count). The van der Waals surface area contributed by atoms with Gasteiger partial charge in [0.2, 0.25) is 0 Å². The van der Waals surface area contributed by atoms with Gasteiger partial charge in [-0.1, -0.05) is 23.7 Å². The summed E-state index contributed by atoms with van der Waals surface area (Å²) in [5.41, 5.74) is 3.98. The van der Waals surface area contributed by atoms with Gasteiger partial charge in [-0.05, 0) is 92.8 Å². The first-order valence-corrected chi connectivity index (χ1v) is 12.0. The smallest absolute Gasteiger partial charge is 0.174 e. The zero-order valence-corrected chi connectivity index (χ0v) is 20.5. The number of rotatable bonds is 6. The molecule has 5 nitrogen and oxygen atoms in total. The second kappa shape index (κ2) is 9.49. The van der Waals surface area contributed by atoms with Gasteiger partial charge in [-0.25, -0.2) is 0 Å². The average molecular weight is 489 g/mol. The molecule has 2 aromatic heterocycles. The molecular formula is C27H25ClN4OS. The molecule has 1 fully saturated rings. The highest BCUT2D eigenvalue weighted by molar-refractivity contribution is 7.80. The number of halogens is 1. The first-order chi connectivity index (χ1) is 16.5. The lowest BCUT2D eigenvalue weighted by Gasteiger charge is -2.29. The van der Waals surface area contributed by atoms with Crippen LogP contribution in [0.2, 0.25) is 5.02 Å². The third-order valence-electron chi connectivity index (χ3n) is 5.75. The van der Waals surface area contributed by atoms with Crippen molar-refractivity contribution in [2.75, 3.05) is 4.90 Å². The molecule has 0 amide bonds. The second-order valence-corrected chi connectivity index (χ2v) is 9.26. The van der Waals surface area contributed by atoms with Gasteiger partial charge in [0, 0.05) is 34.5 Å². The summed E-state index contributed by atoms with van der Waals surface area (Å²) in [6, 6.07) is 25.8. The fourth-order valence-corrected chi connectivity index (χ4v) is 4.92. The lowest BCUT2D eigenvalue weighted by Crippen LogP contribution is -2.30.